The molecule has 0 saturated carbocycles. The van der Waals surface area contributed by atoms with E-state index in [0.717, 1.165) is 0 Å². The second-order valence-electron chi connectivity index (χ2n) is 2.60. The summed E-state index contributed by atoms with van der Waals surface area (Å²) in [6.07, 6.45) is -1.26. The first-order valence-corrected chi connectivity index (χ1v) is 5.41. The number of methoxy groups -OCH3 is 1. The van der Waals surface area contributed by atoms with Crippen LogP contribution in [0.4, 0.5) is 4.79 Å². The van der Waals surface area contributed by atoms with E-state index in [-0.39, 0.29) is 12.4 Å². The normalized spacial score (nSPS) is 24.7. The molecule has 1 aliphatic heterocycles. The summed E-state index contributed by atoms with van der Waals surface area (Å²) in [5.74, 6) is 0.0581. The number of rotatable bonds is 3. The molecule has 0 radical (unpaired) electrons. The highest BCUT2D eigenvalue weighted by atomic mass is 32.2. The van der Waals surface area contributed by atoms with Gasteiger partial charge in [-0.05, 0) is 0 Å². The minimum atomic E-state index is -0.817. The fraction of sp³-hybridized carbons (Fsp3) is 0.750. The smallest absolute Gasteiger partial charge is 0.438 e. The summed E-state index contributed by atoms with van der Waals surface area (Å²) in [6, 6.07) is 0. The van der Waals surface area contributed by atoms with Gasteiger partial charge in [-0.15, -0.1) is 0 Å². The van der Waals surface area contributed by atoms with Gasteiger partial charge in [-0.25, -0.2) is 4.79 Å². The van der Waals surface area contributed by atoms with Crippen molar-refractivity contribution in [1.29, 1.82) is 0 Å². The topological polar surface area (TPSA) is 71.1 Å². The number of hydrogen-bond acceptors (Lipinski definition) is 7. The predicted octanol–water partition coefficient (Wildman–Crippen LogP) is 1.10. The average Bonchev–Trinajstić information content (AvgIpc) is 2.65. The van der Waals surface area contributed by atoms with Gasteiger partial charge in [0.05, 0.1) is 12.9 Å². The van der Waals surface area contributed by atoms with Crippen LogP contribution in [0.2, 0.25) is 0 Å². The van der Waals surface area contributed by atoms with Gasteiger partial charge in [-0.3, -0.25) is 9.53 Å². The van der Waals surface area contributed by atoms with E-state index in [1.165, 1.54) is 18.9 Å². The molecule has 0 aliphatic carbocycles. The van der Waals surface area contributed by atoms with Crippen molar-refractivity contribution in [2.24, 2.45) is 0 Å². The quantitative estimate of drug-likeness (QED) is 0.679. The van der Waals surface area contributed by atoms with Gasteiger partial charge < -0.3 is 14.2 Å². The van der Waals surface area contributed by atoms with Gasteiger partial charge in [-0.2, -0.15) is 0 Å². The monoisotopic (exact) mass is 236 g/mol. The Balaban J connectivity index is 2.26. The summed E-state index contributed by atoms with van der Waals surface area (Å²) >= 11 is 1.25. The molecule has 2 unspecified atom stereocenters. The molecule has 7 heteroatoms. The fourth-order valence-electron chi connectivity index (χ4n) is 0.829. The standard InChI is InChI=1S/C8H12O6S/c1-3-5(9)12-8-14-6(4-15-8)13-7(10)11-2/h6,8H,3-4H2,1-2H3. The molecule has 2 atom stereocenters. The lowest BCUT2D eigenvalue weighted by molar-refractivity contribution is -0.186. The third-order valence-corrected chi connectivity index (χ3v) is 2.49. The van der Waals surface area contributed by atoms with Gasteiger partial charge in [0.15, 0.2) is 0 Å². The van der Waals surface area contributed by atoms with Gasteiger partial charge in [0.25, 0.3) is 5.62 Å². The lowest BCUT2D eigenvalue weighted by atomic mass is 10.5. The van der Waals surface area contributed by atoms with E-state index in [1.807, 2.05) is 0 Å². The minimum absolute atomic E-state index is 0.281. The van der Waals surface area contributed by atoms with E-state index in [4.69, 9.17) is 14.2 Å². The molecule has 1 saturated heterocycles. The molecule has 0 bridgehead atoms. The van der Waals surface area contributed by atoms with Crippen molar-refractivity contribution in [2.75, 3.05) is 12.9 Å². The van der Waals surface area contributed by atoms with Crippen LogP contribution < -0.4 is 0 Å². The summed E-state index contributed by atoms with van der Waals surface area (Å²) in [5, 5.41) is 0. The molecule has 1 rings (SSSR count). The highest BCUT2D eigenvalue weighted by Gasteiger charge is 2.31. The fourth-order valence-corrected chi connectivity index (χ4v) is 1.67. The van der Waals surface area contributed by atoms with Crippen LogP contribution in [0.1, 0.15) is 13.3 Å². The van der Waals surface area contributed by atoms with E-state index in [9.17, 15) is 9.59 Å². The maximum Gasteiger partial charge on any atom is 0.510 e. The molecule has 0 aromatic heterocycles. The largest absolute Gasteiger partial charge is 0.510 e. The van der Waals surface area contributed by atoms with Crippen molar-refractivity contribution in [1.82, 2.24) is 0 Å². The molecule has 0 spiro atoms. The lowest BCUT2D eigenvalue weighted by Crippen LogP contribution is -2.22. The summed E-state index contributed by atoms with van der Waals surface area (Å²) < 4.78 is 19.0. The Morgan fingerprint density at radius 3 is 2.80 bits per heavy atom. The van der Waals surface area contributed by atoms with E-state index in [2.05, 4.69) is 4.74 Å². The van der Waals surface area contributed by atoms with Gasteiger partial charge >= 0.3 is 12.1 Å². The number of hydrogen-bond donors (Lipinski definition) is 0. The molecular formula is C8H12O6S. The van der Waals surface area contributed by atoms with Gasteiger partial charge in [0.2, 0.25) is 6.29 Å². The zero-order chi connectivity index (χ0) is 11.3. The third-order valence-electron chi connectivity index (χ3n) is 1.54. The number of carbonyl (C=O) groups is 2. The van der Waals surface area contributed by atoms with Gasteiger partial charge in [-0.1, -0.05) is 18.7 Å². The van der Waals surface area contributed by atoms with E-state index < -0.39 is 18.1 Å². The molecule has 0 amide bonds. The van der Waals surface area contributed by atoms with Crippen LogP contribution in [-0.2, 0) is 23.7 Å². The van der Waals surface area contributed by atoms with Crippen molar-refractivity contribution >= 4 is 23.9 Å². The maximum absolute atomic E-state index is 10.9. The Hall–Kier alpha value is -0.950. The lowest BCUT2D eigenvalue weighted by Gasteiger charge is -2.12. The molecule has 6 nitrogen and oxygen atoms in total. The van der Waals surface area contributed by atoms with Crippen LogP contribution in [0.3, 0.4) is 0 Å². The Morgan fingerprint density at radius 1 is 1.47 bits per heavy atom. The van der Waals surface area contributed by atoms with Crippen molar-refractivity contribution in [3.8, 4) is 0 Å². The van der Waals surface area contributed by atoms with Crippen LogP contribution in [0.25, 0.3) is 0 Å². The number of thioether (sulfide) groups is 1. The van der Waals surface area contributed by atoms with Crippen molar-refractivity contribution in [2.45, 2.75) is 25.3 Å². The van der Waals surface area contributed by atoms with Crippen LogP contribution in [-0.4, -0.2) is 36.9 Å². The van der Waals surface area contributed by atoms with Gasteiger partial charge in [0.1, 0.15) is 0 Å². The predicted molar refractivity (Wildman–Crippen MR) is 51.0 cm³/mol. The van der Waals surface area contributed by atoms with Crippen molar-refractivity contribution < 1.29 is 28.5 Å². The average molecular weight is 236 g/mol. The SMILES string of the molecule is CCC(=O)OC1OC(OC(=O)OC)CS1. The zero-order valence-electron chi connectivity index (χ0n) is 8.43. The zero-order valence-corrected chi connectivity index (χ0v) is 9.24. The molecule has 1 heterocycles. The molecule has 1 aliphatic rings. The number of carbonyl (C=O) groups excluding carboxylic acids is 2. The van der Waals surface area contributed by atoms with E-state index in [0.29, 0.717) is 5.75 Å². The van der Waals surface area contributed by atoms with E-state index in [1.54, 1.807) is 6.92 Å². The summed E-state index contributed by atoms with van der Waals surface area (Å²) in [7, 11) is 1.21. The molecule has 0 N–H and O–H groups in total. The number of ether oxygens (including phenoxy) is 4. The number of esters is 1. The molecule has 1 fully saturated rings. The first kappa shape index (κ1) is 12.1. The minimum Gasteiger partial charge on any atom is -0.438 e. The molecule has 0 aromatic rings. The Labute approximate surface area is 91.2 Å². The Kier molecular flexibility index (Phi) is 4.70. The van der Waals surface area contributed by atoms with Crippen LogP contribution in [0.15, 0.2) is 0 Å². The molecular weight excluding hydrogens is 224 g/mol. The second kappa shape index (κ2) is 5.82. The molecule has 86 valence electrons. The van der Waals surface area contributed by atoms with Crippen molar-refractivity contribution in [3.63, 3.8) is 0 Å². The van der Waals surface area contributed by atoms with Crippen LogP contribution in [0.5, 0.6) is 0 Å². The summed E-state index contributed by atoms with van der Waals surface area (Å²) in [5.41, 5.74) is -0.702. The van der Waals surface area contributed by atoms with Crippen molar-refractivity contribution in [3.05, 3.63) is 0 Å². The van der Waals surface area contributed by atoms with E-state index >= 15 is 0 Å². The second-order valence-corrected chi connectivity index (χ2v) is 3.65. The van der Waals surface area contributed by atoms with Gasteiger partial charge in [0, 0.05) is 6.42 Å². The molecule has 15 heavy (non-hydrogen) atoms. The Bertz CT molecular complexity index is 219. The third kappa shape index (κ3) is 3.96. The maximum atomic E-state index is 10.9. The highest BCUT2D eigenvalue weighted by molar-refractivity contribution is 7.99. The Morgan fingerprint density at radius 2 is 2.20 bits per heavy atom. The van der Waals surface area contributed by atoms with Crippen LogP contribution >= 0.6 is 11.8 Å². The molecule has 0 aromatic carbocycles. The van der Waals surface area contributed by atoms with Crippen LogP contribution in [0, 0.1) is 0 Å². The first-order valence-electron chi connectivity index (χ1n) is 4.36. The highest BCUT2D eigenvalue weighted by Crippen LogP contribution is 2.27. The summed E-state index contributed by atoms with van der Waals surface area (Å²) in [6.45, 7) is 1.68. The summed E-state index contributed by atoms with van der Waals surface area (Å²) in [4.78, 5) is 21.6. The first-order chi connectivity index (χ1) is 7.15.